The first-order chi connectivity index (χ1) is 8.95. The molecule has 1 aromatic carbocycles. The standard InChI is InChI=1S/C13H19N3O3/c1-9(2)16(7-6-12(14)17)13(18)10-4-3-5-11(8-10)15-19/h3-5,8-9,15,19H,6-7H2,1-2H3,(H2,14,17). The van der Waals surface area contributed by atoms with Crippen molar-refractivity contribution in [3.63, 3.8) is 0 Å². The lowest BCUT2D eigenvalue weighted by Gasteiger charge is -2.26. The lowest BCUT2D eigenvalue weighted by atomic mass is 10.1. The number of hydrogen-bond donors (Lipinski definition) is 3. The van der Waals surface area contributed by atoms with Crippen LogP contribution in [0.2, 0.25) is 0 Å². The molecule has 0 fully saturated rings. The maximum absolute atomic E-state index is 12.3. The summed E-state index contributed by atoms with van der Waals surface area (Å²) in [4.78, 5) is 24.7. The molecule has 0 aliphatic rings. The molecule has 4 N–H and O–H groups in total. The van der Waals surface area contributed by atoms with Gasteiger partial charge in [0, 0.05) is 24.6 Å². The van der Waals surface area contributed by atoms with Crippen LogP contribution in [0.3, 0.4) is 0 Å². The van der Waals surface area contributed by atoms with Gasteiger partial charge >= 0.3 is 0 Å². The fourth-order valence-corrected chi connectivity index (χ4v) is 1.71. The lowest BCUT2D eigenvalue weighted by Crippen LogP contribution is -2.39. The van der Waals surface area contributed by atoms with Crippen molar-refractivity contribution in [1.29, 1.82) is 0 Å². The highest BCUT2D eigenvalue weighted by Crippen LogP contribution is 2.14. The molecular weight excluding hydrogens is 246 g/mol. The van der Waals surface area contributed by atoms with E-state index >= 15 is 0 Å². The normalized spacial score (nSPS) is 10.3. The highest BCUT2D eigenvalue weighted by Gasteiger charge is 2.19. The SMILES string of the molecule is CC(C)N(CCC(N)=O)C(=O)c1cccc(NO)c1. The summed E-state index contributed by atoms with van der Waals surface area (Å²) < 4.78 is 0. The lowest BCUT2D eigenvalue weighted by molar-refractivity contribution is -0.118. The van der Waals surface area contributed by atoms with Crippen LogP contribution in [0, 0.1) is 0 Å². The van der Waals surface area contributed by atoms with Crippen LogP contribution in [0.4, 0.5) is 5.69 Å². The van der Waals surface area contributed by atoms with E-state index in [0.29, 0.717) is 11.3 Å². The summed E-state index contributed by atoms with van der Waals surface area (Å²) in [5.74, 6) is -0.641. The van der Waals surface area contributed by atoms with Crippen LogP contribution in [0.1, 0.15) is 30.6 Å². The molecule has 0 spiro atoms. The van der Waals surface area contributed by atoms with E-state index in [1.807, 2.05) is 19.3 Å². The van der Waals surface area contributed by atoms with Crippen molar-refractivity contribution in [2.24, 2.45) is 5.73 Å². The van der Waals surface area contributed by atoms with E-state index in [4.69, 9.17) is 10.9 Å². The minimum Gasteiger partial charge on any atom is -0.370 e. The van der Waals surface area contributed by atoms with Gasteiger partial charge in [0.1, 0.15) is 0 Å². The summed E-state index contributed by atoms with van der Waals surface area (Å²) in [6.07, 6.45) is 0.127. The van der Waals surface area contributed by atoms with Crippen LogP contribution in [0.15, 0.2) is 24.3 Å². The van der Waals surface area contributed by atoms with Gasteiger partial charge in [-0.2, -0.15) is 0 Å². The molecule has 0 aliphatic heterocycles. The van der Waals surface area contributed by atoms with E-state index < -0.39 is 5.91 Å². The molecular formula is C13H19N3O3. The quantitative estimate of drug-likeness (QED) is 0.674. The maximum Gasteiger partial charge on any atom is 0.254 e. The molecule has 0 heterocycles. The van der Waals surface area contributed by atoms with Crippen molar-refractivity contribution < 1.29 is 14.8 Å². The van der Waals surface area contributed by atoms with E-state index in [0.717, 1.165) is 0 Å². The van der Waals surface area contributed by atoms with E-state index in [1.165, 1.54) is 0 Å². The third-order valence-electron chi connectivity index (χ3n) is 2.72. The topological polar surface area (TPSA) is 95.7 Å². The Balaban J connectivity index is 2.88. The molecule has 104 valence electrons. The van der Waals surface area contributed by atoms with Gasteiger partial charge in [-0.25, -0.2) is 0 Å². The Labute approximate surface area is 112 Å². The van der Waals surface area contributed by atoms with Crippen LogP contribution >= 0.6 is 0 Å². The number of carbonyl (C=O) groups is 2. The molecule has 19 heavy (non-hydrogen) atoms. The van der Waals surface area contributed by atoms with E-state index in [9.17, 15) is 9.59 Å². The number of nitrogens with two attached hydrogens (primary N) is 1. The summed E-state index contributed by atoms with van der Waals surface area (Å²) in [6, 6.07) is 6.46. The summed E-state index contributed by atoms with van der Waals surface area (Å²) in [6.45, 7) is 4.02. The van der Waals surface area contributed by atoms with Gasteiger partial charge in [0.25, 0.3) is 5.91 Å². The zero-order chi connectivity index (χ0) is 14.4. The average molecular weight is 265 g/mol. The first-order valence-corrected chi connectivity index (χ1v) is 6.05. The van der Waals surface area contributed by atoms with Gasteiger partial charge in [0.15, 0.2) is 0 Å². The van der Waals surface area contributed by atoms with Crippen molar-refractivity contribution in [2.45, 2.75) is 26.3 Å². The van der Waals surface area contributed by atoms with Gasteiger partial charge in [-0.1, -0.05) is 6.07 Å². The molecule has 1 aromatic rings. The monoisotopic (exact) mass is 265 g/mol. The van der Waals surface area contributed by atoms with E-state index in [2.05, 4.69) is 0 Å². The first kappa shape index (κ1) is 15.0. The van der Waals surface area contributed by atoms with Crippen molar-refractivity contribution >= 4 is 17.5 Å². The Morgan fingerprint density at radius 2 is 2.11 bits per heavy atom. The van der Waals surface area contributed by atoms with Gasteiger partial charge in [-0.05, 0) is 32.0 Å². The Bertz CT molecular complexity index is 460. The number of anilines is 1. The Hall–Kier alpha value is -2.08. The number of rotatable bonds is 6. The summed E-state index contributed by atoms with van der Waals surface area (Å²) in [5, 5.41) is 8.83. The minimum atomic E-state index is -0.441. The highest BCUT2D eigenvalue weighted by atomic mass is 16.5. The molecule has 0 atom stereocenters. The fraction of sp³-hybridized carbons (Fsp3) is 0.385. The van der Waals surface area contributed by atoms with Gasteiger partial charge < -0.3 is 10.6 Å². The number of nitrogens with zero attached hydrogens (tertiary/aromatic N) is 1. The Morgan fingerprint density at radius 1 is 1.42 bits per heavy atom. The van der Waals surface area contributed by atoms with Crippen molar-refractivity contribution in [2.75, 3.05) is 12.0 Å². The first-order valence-electron chi connectivity index (χ1n) is 6.05. The second kappa shape index (κ2) is 6.75. The largest absolute Gasteiger partial charge is 0.370 e. The third kappa shape index (κ3) is 4.26. The summed E-state index contributed by atoms with van der Waals surface area (Å²) in [7, 11) is 0. The van der Waals surface area contributed by atoms with E-state index in [1.54, 1.807) is 29.2 Å². The van der Waals surface area contributed by atoms with E-state index in [-0.39, 0.29) is 24.9 Å². The zero-order valence-electron chi connectivity index (χ0n) is 11.1. The maximum atomic E-state index is 12.3. The Kier molecular flexibility index (Phi) is 5.32. The van der Waals surface area contributed by atoms with Gasteiger partial charge in [0.05, 0.1) is 5.69 Å². The van der Waals surface area contributed by atoms with Gasteiger partial charge in [-0.15, -0.1) is 0 Å². The predicted molar refractivity (Wildman–Crippen MR) is 71.8 cm³/mol. The predicted octanol–water partition coefficient (Wildman–Crippen LogP) is 1.21. The number of nitrogens with one attached hydrogen (secondary N) is 1. The van der Waals surface area contributed by atoms with Gasteiger partial charge in [-0.3, -0.25) is 20.3 Å². The summed E-state index contributed by atoms with van der Waals surface area (Å²) >= 11 is 0. The number of primary amides is 1. The number of amides is 2. The second-order valence-electron chi connectivity index (χ2n) is 4.50. The van der Waals surface area contributed by atoms with Crippen LogP contribution in [-0.4, -0.2) is 34.5 Å². The summed E-state index contributed by atoms with van der Waals surface area (Å²) in [5.41, 5.74) is 7.98. The average Bonchev–Trinajstić information content (AvgIpc) is 2.38. The third-order valence-corrected chi connectivity index (χ3v) is 2.72. The Morgan fingerprint density at radius 3 is 2.63 bits per heavy atom. The molecule has 1 rings (SSSR count). The number of benzene rings is 1. The number of carbonyl (C=O) groups excluding carboxylic acids is 2. The van der Waals surface area contributed by atoms with Crippen molar-refractivity contribution in [1.82, 2.24) is 4.90 Å². The van der Waals surface area contributed by atoms with Crippen molar-refractivity contribution in [3.8, 4) is 0 Å². The molecule has 6 nitrogen and oxygen atoms in total. The van der Waals surface area contributed by atoms with Crippen LogP contribution in [0.5, 0.6) is 0 Å². The smallest absolute Gasteiger partial charge is 0.254 e. The van der Waals surface area contributed by atoms with Crippen LogP contribution in [0.25, 0.3) is 0 Å². The molecule has 2 amide bonds. The molecule has 0 saturated carbocycles. The highest BCUT2D eigenvalue weighted by molar-refractivity contribution is 5.95. The molecule has 0 unspecified atom stereocenters. The minimum absolute atomic E-state index is 0.0439. The van der Waals surface area contributed by atoms with Crippen molar-refractivity contribution in [3.05, 3.63) is 29.8 Å². The van der Waals surface area contributed by atoms with Gasteiger partial charge in [0.2, 0.25) is 5.91 Å². The molecule has 0 aromatic heterocycles. The fourth-order valence-electron chi connectivity index (χ4n) is 1.71. The second-order valence-corrected chi connectivity index (χ2v) is 4.50. The molecule has 0 saturated heterocycles. The molecule has 6 heteroatoms. The van der Waals surface area contributed by atoms with Crippen LogP contribution in [-0.2, 0) is 4.79 Å². The molecule has 0 aliphatic carbocycles. The zero-order valence-corrected chi connectivity index (χ0v) is 11.1. The van der Waals surface area contributed by atoms with Crippen LogP contribution < -0.4 is 11.2 Å². The number of hydrogen-bond acceptors (Lipinski definition) is 4. The molecule has 0 bridgehead atoms. The molecule has 0 radical (unpaired) electrons.